The SMILES string of the molecule is CCC(CCCl)NC(=O)c1csc(C)n1. The quantitative estimate of drug-likeness (QED) is 0.812. The van der Waals surface area contributed by atoms with Gasteiger partial charge in [0.15, 0.2) is 0 Å². The first-order valence-corrected chi connectivity index (χ1v) is 6.37. The van der Waals surface area contributed by atoms with Crippen molar-refractivity contribution in [2.45, 2.75) is 32.7 Å². The van der Waals surface area contributed by atoms with Crippen LogP contribution in [0.2, 0.25) is 0 Å². The second kappa shape index (κ2) is 6.08. The standard InChI is InChI=1S/C10H15ClN2OS/c1-3-8(4-5-11)13-10(14)9-6-15-7(2)12-9/h6,8H,3-5H2,1-2H3,(H,13,14). The minimum atomic E-state index is -0.101. The van der Waals surface area contributed by atoms with Crippen LogP contribution in [0.1, 0.15) is 35.3 Å². The largest absolute Gasteiger partial charge is 0.348 e. The number of aryl methyl sites for hydroxylation is 1. The second-order valence-corrected chi connectivity index (χ2v) is 4.75. The Morgan fingerprint density at radius 3 is 2.93 bits per heavy atom. The Balaban J connectivity index is 2.54. The van der Waals surface area contributed by atoms with Crippen LogP contribution in [0.15, 0.2) is 5.38 Å². The average Bonchev–Trinajstić information content (AvgIpc) is 2.64. The summed E-state index contributed by atoms with van der Waals surface area (Å²) in [6.07, 6.45) is 1.69. The summed E-state index contributed by atoms with van der Waals surface area (Å²) in [6.45, 7) is 3.92. The number of carbonyl (C=O) groups excluding carboxylic acids is 1. The molecule has 0 aliphatic rings. The summed E-state index contributed by atoms with van der Waals surface area (Å²) in [5.41, 5.74) is 0.505. The van der Waals surface area contributed by atoms with Crippen molar-refractivity contribution in [1.82, 2.24) is 10.3 Å². The summed E-state index contributed by atoms with van der Waals surface area (Å²) in [4.78, 5) is 15.8. The van der Waals surface area contributed by atoms with Crippen LogP contribution in [0.3, 0.4) is 0 Å². The van der Waals surface area contributed by atoms with Gasteiger partial charge >= 0.3 is 0 Å². The summed E-state index contributed by atoms with van der Waals surface area (Å²) in [5.74, 6) is 0.464. The minimum Gasteiger partial charge on any atom is -0.348 e. The Hall–Kier alpha value is -0.610. The van der Waals surface area contributed by atoms with Gasteiger partial charge in [-0.15, -0.1) is 22.9 Å². The lowest BCUT2D eigenvalue weighted by Crippen LogP contribution is -2.34. The van der Waals surface area contributed by atoms with Crippen molar-refractivity contribution in [1.29, 1.82) is 0 Å². The van der Waals surface area contributed by atoms with E-state index in [1.54, 1.807) is 5.38 Å². The lowest BCUT2D eigenvalue weighted by Gasteiger charge is -2.14. The number of nitrogens with one attached hydrogen (secondary N) is 1. The topological polar surface area (TPSA) is 42.0 Å². The maximum absolute atomic E-state index is 11.7. The van der Waals surface area contributed by atoms with E-state index >= 15 is 0 Å². The highest BCUT2D eigenvalue weighted by atomic mass is 35.5. The highest BCUT2D eigenvalue weighted by Crippen LogP contribution is 2.08. The Morgan fingerprint density at radius 1 is 1.73 bits per heavy atom. The average molecular weight is 247 g/mol. The highest BCUT2D eigenvalue weighted by molar-refractivity contribution is 7.09. The number of hydrogen-bond acceptors (Lipinski definition) is 3. The van der Waals surface area contributed by atoms with Gasteiger partial charge in [-0.2, -0.15) is 0 Å². The molecule has 15 heavy (non-hydrogen) atoms. The molecule has 1 amide bonds. The number of carbonyl (C=O) groups is 1. The summed E-state index contributed by atoms with van der Waals surface area (Å²) >= 11 is 7.13. The Labute approximate surface area is 98.9 Å². The molecule has 84 valence electrons. The molecule has 0 bridgehead atoms. The summed E-state index contributed by atoms with van der Waals surface area (Å²) in [6, 6.07) is 0.150. The lowest BCUT2D eigenvalue weighted by molar-refractivity contribution is 0.0930. The molecule has 0 spiro atoms. The third-order valence-corrected chi connectivity index (χ3v) is 3.13. The molecular weight excluding hydrogens is 232 g/mol. The van der Waals surface area contributed by atoms with Crippen molar-refractivity contribution in [3.63, 3.8) is 0 Å². The molecule has 0 aliphatic carbocycles. The van der Waals surface area contributed by atoms with E-state index in [2.05, 4.69) is 10.3 Å². The molecule has 0 fully saturated rings. The van der Waals surface area contributed by atoms with Gasteiger partial charge in [-0.3, -0.25) is 4.79 Å². The Bertz CT molecular complexity index is 327. The molecule has 1 rings (SSSR count). The van der Waals surface area contributed by atoms with Crippen LogP contribution in [-0.2, 0) is 0 Å². The van der Waals surface area contributed by atoms with E-state index in [0.29, 0.717) is 11.6 Å². The molecular formula is C10H15ClN2OS. The second-order valence-electron chi connectivity index (χ2n) is 3.31. The van der Waals surface area contributed by atoms with Crippen molar-refractivity contribution in [2.24, 2.45) is 0 Å². The Morgan fingerprint density at radius 2 is 2.47 bits per heavy atom. The van der Waals surface area contributed by atoms with Crippen LogP contribution >= 0.6 is 22.9 Å². The van der Waals surface area contributed by atoms with Gasteiger partial charge < -0.3 is 5.32 Å². The molecule has 0 saturated carbocycles. The van der Waals surface area contributed by atoms with E-state index in [9.17, 15) is 4.79 Å². The van der Waals surface area contributed by atoms with E-state index < -0.39 is 0 Å². The molecule has 0 radical (unpaired) electrons. The molecule has 1 unspecified atom stereocenters. The van der Waals surface area contributed by atoms with Gasteiger partial charge in [0, 0.05) is 17.3 Å². The number of hydrogen-bond donors (Lipinski definition) is 1. The number of amides is 1. The lowest BCUT2D eigenvalue weighted by atomic mass is 10.1. The van der Waals surface area contributed by atoms with Gasteiger partial charge in [-0.1, -0.05) is 6.92 Å². The first-order chi connectivity index (χ1) is 7.17. The monoisotopic (exact) mass is 246 g/mol. The van der Waals surface area contributed by atoms with Crippen molar-refractivity contribution >= 4 is 28.8 Å². The smallest absolute Gasteiger partial charge is 0.270 e. The van der Waals surface area contributed by atoms with Gasteiger partial charge in [0.2, 0.25) is 0 Å². The number of alkyl halides is 1. The zero-order chi connectivity index (χ0) is 11.3. The van der Waals surface area contributed by atoms with Gasteiger partial charge in [-0.05, 0) is 19.8 Å². The number of halogens is 1. The fourth-order valence-corrected chi connectivity index (χ4v) is 2.09. The fraction of sp³-hybridized carbons (Fsp3) is 0.600. The molecule has 1 aromatic rings. The number of nitrogens with zero attached hydrogens (tertiary/aromatic N) is 1. The first-order valence-electron chi connectivity index (χ1n) is 4.96. The summed E-state index contributed by atoms with van der Waals surface area (Å²) < 4.78 is 0. The van der Waals surface area contributed by atoms with E-state index in [0.717, 1.165) is 17.8 Å². The van der Waals surface area contributed by atoms with Crippen LogP contribution < -0.4 is 5.32 Å². The fourth-order valence-electron chi connectivity index (χ4n) is 1.24. The minimum absolute atomic E-state index is 0.101. The van der Waals surface area contributed by atoms with Crippen molar-refractivity contribution < 1.29 is 4.79 Å². The zero-order valence-electron chi connectivity index (χ0n) is 8.92. The molecule has 1 aromatic heterocycles. The van der Waals surface area contributed by atoms with Gasteiger partial charge in [0.1, 0.15) is 5.69 Å². The molecule has 0 aromatic carbocycles. The maximum atomic E-state index is 11.7. The number of rotatable bonds is 5. The predicted octanol–water partition coefficient (Wildman–Crippen LogP) is 2.59. The third kappa shape index (κ3) is 3.80. The molecule has 1 heterocycles. The molecule has 0 aliphatic heterocycles. The normalized spacial score (nSPS) is 12.5. The predicted molar refractivity (Wildman–Crippen MR) is 63.7 cm³/mol. The molecule has 1 N–H and O–H groups in total. The van der Waals surface area contributed by atoms with E-state index in [4.69, 9.17) is 11.6 Å². The van der Waals surface area contributed by atoms with E-state index in [1.807, 2.05) is 13.8 Å². The van der Waals surface area contributed by atoms with Crippen LogP contribution in [0.25, 0.3) is 0 Å². The van der Waals surface area contributed by atoms with Crippen molar-refractivity contribution in [3.8, 4) is 0 Å². The summed E-state index contributed by atoms with van der Waals surface area (Å²) in [7, 11) is 0. The van der Waals surface area contributed by atoms with E-state index in [1.165, 1.54) is 11.3 Å². The zero-order valence-corrected chi connectivity index (χ0v) is 10.5. The van der Waals surface area contributed by atoms with Crippen molar-refractivity contribution in [3.05, 3.63) is 16.1 Å². The van der Waals surface area contributed by atoms with Gasteiger partial charge in [-0.25, -0.2) is 4.98 Å². The molecule has 3 nitrogen and oxygen atoms in total. The molecule has 5 heteroatoms. The van der Waals surface area contributed by atoms with Crippen LogP contribution in [0.4, 0.5) is 0 Å². The van der Waals surface area contributed by atoms with Gasteiger partial charge in [0.25, 0.3) is 5.91 Å². The van der Waals surface area contributed by atoms with Crippen LogP contribution in [0.5, 0.6) is 0 Å². The first kappa shape index (κ1) is 12.5. The van der Waals surface area contributed by atoms with E-state index in [-0.39, 0.29) is 11.9 Å². The maximum Gasteiger partial charge on any atom is 0.270 e. The molecule has 0 saturated heterocycles. The number of thiazole rings is 1. The summed E-state index contributed by atoms with van der Waals surface area (Å²) in [5, 5.41) is 5.60. The third-order valence-electron chi connectivity index (χ3n) is 2.14. The van der Waals surface area contributed by atoms with Crippen LogP contribution in [-0.4, -0.2) is 22.8 Å². The molecule has 1 atom stereocenters. The van der Waals surface area contributed by atoms with Gasteiger partial charge in [0.05, 0.1) is 5.01 Å². The van der Waals surface area contributed by atoms with Crippen LogP contribution in [0, 0.1) is 6.92 Å². The Kier molecular flexibility index (Phi) is 5.05. The number of aromatic nitrogens is 1. The van der Waals surface area contributed by atoms with Crippen molar-refractivity contribution in [2.75, 3.05) is 5.88 Å². The highest BCUT2D eigenvalue weighted by Gasteiger charge is 2.13.